The van der Waals surface area contributed by atoms with Crippen LogP contribution in [-0.4, -0.2) is 11.4 Å². The lowest BCUT2D eigenvalue weighted by Crippen LogP contribution is -2.12. The Balaban J connectivity index is 0. The molecule has 0 aromatic heterocycles. The van der Waals surface area contributed by atoms with Crippen molar-refractivity contribution in [2.45, 2.75) is 19.8 Å². The van der Waals surface area contributed by atoms with Crippen molar-refractivity contribution in [3.05, 3.63) is 12.2 Å². The Morgan fingerprint density at radius 1 is 1.67 bits per heavy atom. The highest BCUT2D eigenvalue weighted by atomic mass is 16.1. The second-order valence-corrected chi connectivity index (χ2v) is 1.72. The van der Waals surface area contributed by atoms with Gasteiger partial charge in [-0.25, -0.2) is 0 Å². The maximum Gasteiger partial charge on any atom is 0.244 e. The topological polar surface area (TPSA) is 74.6 Å². The summed E-state index contributed by atoms with van der Waals surface area (Å²) in [4.78, 5) is 10.2. The molecule has 54 valence electrons. The van der Waals surface area contributed by atoms with Crippen molar-refractivity contribution in [3.63, 3.8) is 0 Å². The van der Waals surface area contributed by atoms with Crippen LogP contribution in [0.3, 0.4) is 0 Å². The zero-order valence-corrected chi connectivity index (χ0v) is 5.61. The SMILES string of the molecule is C=C(CCC)C(N)=O.O. The van der Waals surface area contributed by atoms with Gasteiger partial charge in [-0.3, -0.25) is 4.79 Å². The van der Waals surface area contributed by atoms with Gasteiger partial charge in [-0.05, 0) is 6.42 Å². The number of amides is 1. The van der Waals surface area contributed by atoms with Crippen LogP contribution in [-0.2, 0) is 4.79 Å². The third-order valence-electron chi connectivity index (χ3n) is 0.900. The average Bonchev–Trinajstić information content (AvgIpc) is 1.67. The van der Waals surface area contributed by atoms with E-state index in [0.717, 1.165) is 12.8 Å². The van der Waals surface area contributed by atoms with E-state index in [1.165, 1.54) is 0 Å². The summed E-state index contributed by atoms with van der Waals surface area (Å²) >= 11 is 0. The minimum Gasteiger partial charge on any atom is -0.412 e. The zero-order valence-electron chi connectivity index (χ0n) is 5.61. The Hall–Kier alpha value is -0.830. The quantitative estimate of drug-likeness (QED) is 0.538. The van der Waals surface area contributed by atoms with Crippen molar-refractivity contribution < 1.29 is 10.3 Å². The number of carbonyl (C=O) groups excluding carboxylic acids is 1. The lowest BCUT2D eigenvalue weighted by Gasteiger charge is -1.93. The van der Waals surface area contributed by atoms with Gasteiger partial charge in [0.2, 0.25) is 5.91 Å². The predicted octanol–water partition coefficient (Wildman–Crippen LogP) is 0.00330. The molecule has 0 rings (SSSR count). The maximum absolute atomic E-state index is 10.2. The first-order valence-electron chi connectivity index (χ1n) is 2.66. The molecule has 0 aromatic carbocycles. The molecule has 4 N–H and O–H groups in total. The van der Waals surface area contributed by atoms with Gasteiger partial charge < -0.3 is 11.2 Å². The normalized spacial score (nSPS) is 7.67. The Morgan fingerprint density at radius 2 is 2.11 bits per heavy atom. The Kier molecular flexibility index (Phi) is 6.51. The summed E-state index contributed by atoms with van der Waals surface area (Å²) < 4.78 is 0. The molecule has 0 spiro atoms. The van der Waals surface area contributed by atoms with Gasteiger partial charge >= 0.3 is 0 Å². The minimum atomic E-state index is -0.383. The largest absolute Gasteiger partial charge is 0.412 e. The number of nitrogens with two attached hydrogens (primary N) is 1. The molecule has 0 saturated carbocycles. The molecule has 0 radical (unpaired) electrons. The van der Waals surface area contributed by atoms with E-state index >= 15 is 0 Å². The summed E-state index contributed by atoms with van der Waals surface area (Å²) in [6, 6.07) is 0. The molecule has 0 atom stereocenters. The predicted molar refractivity (Wildman–Crippen MR) is 36.9 cm³/mol. The molecular weight excluding hydrogens is 118 g/mol. The van der Waals surface area contributed by atoms with E-state index in [9.17, 15) is 4.79 Å². The molecular formula is C6H13NO2. The summed E-state index contributed by atoms with van der Waals surface area (Å²) in [5.41, 5.74) is 5.40. The minimum absolute atomic E-state index is 0. The van der Waals surface area contributed by atoms with E-state index in [2.05, 4.69) is 6.58 Å². The van der Waals surface area contributed by atoms with Crippen molar-refractivity contribution in [1.29, 1.82) is 0 Å². The van der Waals surface area contributed by atoms with Crippen LogP contribution >= 0.6 is 0 Å². The average molecular weight is 131 g/mol. The molecule has 0 aliphatic carbocycles. The van der Waals surface area contributed by atoms with Gasteiger partial charge in [0.1, 0.15) is 0 Å². The van der Waals surface area contributed by atoms with Gasteiger partial charge in [-0.15, -0.1) is 0 Å². The highest BCUT2D eigenvalue weighted by Gasteiger charge is 1.96. The highest BCUT2D eigenvalue weighted by molar-refractivity contribution is 5.91. The van der Waals surface area contributed by atoms with E-state index in [0.29, 0.717) is 5.57 Å². The molecule has 0 aromatic rings. The summed E-state index contributed by atoms with van der Waals surface area (Å²) in [5.74, 6) is -0.383. The number of hydrogen-bond acceptors (Lipinski definition) is 1. The Morgan fingerprint density at radius 3 is 2.22 bits per heavy atom. The summed E-state index contributed by atoms with van der Waals surface area (Å²) in [7, 11) is 0. The van der Waals surface area contributed by atoms with Gasteiger partial charge in [0, 0.05) is 5.57 Å². The van der Waals surface area contributed by atoms with Crippen LogP contribution in [0.2, 0.25) is 0 Å². The summed E-state index contributed by atoms with van der Waals surface area (Å²) in [6.45, 7) is 5.45. The second kappa shape index (κ2) is 5.31. The van der Waals surface area contributed by atoms with Gasteiger partial charge in [0.15, 0.2) is 0 Å². The lowest BCUT2D eigenvalue weighted by molar-refractivity contribution is -0.114. The number of hydrogen-bond donors (Lipinski definition) is 1. The van der Waals surface area contributed by atoms with Crippen LogP contribution < -0.4 is 5.73 Å². The zero-order chi connectivity index (χ0) is 6.57. The van der Waals surface area contributed by atoms with Crippen molar-refractivity contribution in [2.24, 2.45) is 5.73 Å². The molecule has 0 bridgehead atoms. The molecule has 0 heterocycles. The maximum atomic E-state index is 10.2. The van der Waals surface area contributed by atoms with E-state index in [4.69, 9.17) is 5.73 Å². The number of rotatable bonds is 3. The summed E-state index contributed by atoms with van der Waals surface area (Å²) in [6.07, 6.45) is 1.65. The molecule has 9 heavy (non-hydrogen) atoms. The van der Waals surface area contributed by atoms with Gasteiger partial charge in [0.05, 0.1) is 0 Å². The van der Waals surface area contributed by atoms with Crippen LogP contribution in [0.25, 0.3) is 0 Å². The Bertz CT molecular complexity index is 110. The van der Waals surface area contributed by atoms with Crippen LogP contribution in [0.1, 0.15) is 19.8 Å². The van der Waals surface area contributed by atoms with Gasteiger partial charge in [-0.1, -0.05) is 19.9 Å². The first-order valence-corrected chi connectivity index (χ1v) is 2.66. The van der Waals surface area contributed by atoms with Crippen LogP contribution in [0.5, 0.6) is 0 Å². The molecule has 0 aliphatic heterocycles. The lowest BCUT2D eigenvalue weighted by atomic mass is 10.2. The molecule has 0 saturated heterocycles. The second-order valence-electron chi connectivity index (χ2n) is 1.72. The first kappa shape index (κ1) is 11.0. The van der Waals surface area contributed by atoms with Crippen LogP contribution in [0, 0.1) is 0 Å². The van der Waals surface area contributed by atoms with Crippen molar-refractivity contribution >= 4 is 5.91 Å². The van der Waals surface area contributed by atoms with E-state index in [-0.39, 0.29) is 11.4 Å². The van der Waals surface area contributed by atoms with Crippen LogP contribution in [0.4, 0.5) is 0 Å². The van der Waals surface area contributed by atoms with E-state index in [1.54, 1.807) is 0 Å². The number of primary amides is 1. The molecule has 3 heteroatoms. The van der Waals surface area contributed by atoms with E-state index < -0.39 is 0 Å². The number of carbonyl (C=O) groups is 1. The van der Waals surface area contributed by atoms with Gasteiger partial charge in [0.25, 0.3) is 0 Å². The Labute approximate surface area is 54.9 Å². The van der Waals surface area contributed by atoms with Gasteiger partial charge in [-0.2, -0.15) is 0 Å². The van der Waals surface area contributed by atoms with Crippen molar-refractivity contribution in [3.8, 4) is 0 Å². The third-order valence-corrected chi connectivity index (χ3v) is 0.900. The summed E-state index contributed by atoms with van der Waals surface area (Å²) in [5, 5.41) is 0. The van der Waals surface area contributed by atoms with Crippen molar-refractivity contribution in [2.75, 3.05) is 0 Å². The fraction of sp³-hybridized carbons (Fsp3) is 0.500. The standard InChI is InChI=1S/C6H11NO.H2O/c1-3-4-5(2)6(7)8;/h2-4H2,1H3,(H2,7,8);1H2. The molecule has 3 nitrogen and oxygen atoms in total. The monoisotopic (exact) mass is 131 g/mol. The molecule has 0 unspecified atom stereocenters. The fourth-order valence-electron chi connectivity index (χ4n) is 0.425. The smallest absolute Gasteiger partial charge is 0.244 e. The highest BCUT2D eigenvalue weighted by Crippen LogP contribution is 1.98. The molecule has 0 aliphatic rings. The fourth-order valence-corrected chi connectivity index (χ4v) is 0.425. The molecule has 1 amide bonds. The van der Waals surface area contributed by atoms with E-state index in [1.807, 2.05) is 6.92 Å². The van der Waals surface area contributed by atoms with Crippen LogP contribution in [0.15, 0.2) is 12.2 Å². The third kappa shape index (κ3) is 5.03. The molecule has 0 fully saturated rings. The first-order chi connectivity index (χ1) is 3.68. The van der Waals surface area contributed by atoms with Crippen molar-refractivity contribution in [1.82, 2.24) is 0 Å².